The number of hydrogen-bond acceptors (Lipinski definition) is 2. The quantitative estimate of drug-likeness (QED) is 0.487. The zero-order valence-electron chi connectivity index (χ0n) is 15.1. The van der Waals surface area contributed by atoms with Gasteiger partial charge in [-0.05, 0) is 52.4 Å². The van der Waals surface area contributed by atoms with E-state index < -0.39 is 0 Å². The van der Waals surface area contributed by atoms with Crippen LogP contribution in [0.25, 0.3) is 16.3 Å². The molecule has 27 heavy (non-hydrogen) atoms. The standard InChI is InChI=1S/C24H20BrNO/c1-14-12-19-22-18-5-3-2-4-15(18)8-11-20(22)26-24(23(19)21(27)13-14)16-6-9-17(25)10-7-16/h2-11,14,24,26H,12-13H2,1H3/t14-,24+/m0/s1. The smallest absolute Gasteiger partial charge is 0.161 e. The summed E-state index contributed by atoms with van der Waals surface area (Å²) in [5.41, 5.74) is 5.67. The van der Waals surface area contributed by atoms with Crippen molar-refractivity contribution in [1.29, 1.82) is 0 Å². The molecule has 0 saturated carbocycles. The van der Waals surface area contributed by atoms with Crippen molar-refractivity contribution < 1.29 is 4.79 Å². The summed E-state index contributed by atoms with van der Waals surface area (Å²) in [7, 11) is 0. The summed E-state index contributed by atoms with van der Waals surface area (Å²) in [4.78, 5) is 13.1. The number of benzene rings is 3. The maximum absolute atomic E-state index is 13.1. The molecule has 1 aliphatic heterocycles. The number of nitrogens with one attached hydrogen (secondary N) is 1. The maximum Gasteiger partial charge on any atom is 0.161 e. The molecule has 3 aromatic rings. The molecule has 2 aliphatic rings. The van der Waals surface area contributed by atoms with E-state index in [0.717, 1.165) is 27.7 Å². The molecule has 0 bridgehead atoms. The Labute approximate surface area is 167 Å². The van der Waals surface area contributed by atoms with Crippen LogP contribution in [0.1, 0.15) is 36.9 Å². The molecule has 0 unspecified atom stereocenters. The van der Waals surface area contributed by atoms with Crippen LogP contribution in [-0.4, -0.2) is 5.78 Å². The molecule has 2 nitrogen and oxygen atoms in total. The molecular formula is C24H20BrNO. The Bertz CT molecular complexity index is 1100. The van der Waals surface area contributed by atoms with Crippen LogP contribution >= 0.6 is 15.9 Å². The van der Waals surface area contributed by atoms with Crippen molar-refractivity contribution in [3.05, 3.63) is 81.8 Å². The average molecular weight is 418 g/mol. The van der Waals surface area contributed by atoms with Crippen LogP contribution in [0.3, 0.4) is 0 Å². The lowest BCUT2D eigenvalue weighted by Gasteiger charge is -2.36. The molecule has 1 N–H and O–H groups in total. The summed E-state index contributed by atoms with van der Waals surface area (Å²) >= 11 is 3.51. The van der Waals surface area contributed by atoms with Crippen molar-refractivity contribution in [2.24, 2.45) is 5.92 Å². The molecule has 3 aromatic carbocycles. The van der Waals surface area contributed by atoms with Crippen LogP contribution in [0.5, 0.6) is 0 Å². The van der Waals surface area contributed by atoms with Gasteiger partial charge < -0.3 is 5.32 Å². The number of hydrogen-bond donors (Lipinski definition) is 1. The minimum absolute atomic E-state index is 0.0817. The number of ketones is 1. The SMILES string of the molecule is C[C@@H]1CC(=O)C2=C(C1)c1c(ccc3ccccc13)N[C@@H]2c1ccc(Br)cc1. The number of fused-ring (bicyclic) bond motifs is 4. The normalized spacial score (nSPS) is 21.6. The van der Waals surface area contributed by atoms with Crippen LogP contribution in [-0.2, 0) is 4.79 Å². The Morgan fingerprint density at radius 1 is 0.963 bits per heavy atom. The number of rotatable bonds is 1. The first-order valence-corrected chi connectivity index (χ1v) is 10.2. The van der Waals surface area contributed by atoms with E-state index in [1.54, 1.807) is 0 Å². The highest BCUT2D eigenvalue weighted by atomic mass is 79.9. The molecular weight excluding hydrogens is 398 g/mol. The second kappa shape index (κ2) is 6.35. The fourth-order valence-corrected chi connectivity index (χ4v) is 4.81. The summed E-state index contributed by atoms with van der Waals surface area (Å²) in [5, 5.41) is 6.12. The van der Waals surface area contributed by atoms with Crippen LogP contribution in [0.15, 0.2) is 70.7 Å². The van der Waals surface area contributed by atoms with Crippen LogP contribution in [0.4, 0.5) is 5.69 Å². The highest BCUT2D eigenvalue weighted by Gasteiger charge is 2.36. The second-order valence-electron chi connectivity index (χ2n) is 7.67. The molecule has 0 saturated heterocycles. The number of anilines is 1. The number of carbonyl (C=O) groups is 1. The van der Waals surface area contributed by atoms with Crippen molar-refractivity contribution in [2.75, 3.05) is 5.32 Å². The Balaban J connectivity index is 1.78. The third-order valence-corrected chi connectivity index (χ3v) is 6.26. The molecule has 0 fully saturated rings. The van der Waals surface area contributed by atoms with Crippen molar-refractivity contribution in [3.8, 4) is 0 Å². The third-order valence-electron chi connectivity index (χ3n) is 5.73. The molecule has 1 heterocycles. The van der Waals surface area contributed by atoms with Gasteiger partial charge in [-0.3, -0.25) is 4.79 Å². The summed E-state index contributed by atoms with van der Waals surface area (Å²) in [6.07, 6.45) is 1.59. The van der Waals surface area contributed by atoms with Gasteiger partial charge >= 0.3 is 0 Å². The number of allylic oxidation sites excluding steroid dienone is 1. The monoisotopic (exact) mass is 417 g/mol. The number of carbonyl (C=O) groups excluding carboxylic acids is 1. The lowest BCUT2D eigenvalue weighted by Crippen LogP contribution is -2.29. The van der Waals surface area contributed by atoms with Gasteiger partial charge in [0.15, 0.2) is 5.78 Å². The van der Waals surface area contributed by atoms with Gasteiger partial charge in [0.2, 0.25) is 0 Å². The largest absolute Gasteiger partial charge is 0.373 e. The second-order valence-corrected chi connectivity index (χ2v) is 8.58. The summed E-state index contributed by atoms with van der Waals surface area (Å²) < 4.78 is 1.05. The average Bonchev–Trinajstić information content (AvgIpc) is 2.67. The number of Topliss-reactive ketones (excluding diaryl/α,β-unsaturated/α-hetero) is 1. The fraction of sp³-hybridized carbons (Fsp3) is 0.208. The first-order valence-electron chi connectivity index (χ1n) is 9.42. The maximum atomic E-state index is 13.1. The predicted octanol–water partition coefficient (Wildman–Crippen LogP) is 6.52. The first kappa shape index (κ1) is 16.8. The molecule has 5 rings (SSSR count). The molecule has 0 radical (unpaired) electrons. The topological polar surface area (TPSA) is 29.1 Å². The molecule has 0 amide bonds. The van der Waals surface area contributed by atoms with E-state index in [1.165, 1.54) is 21.9 Å². The Kier molecular flexibility index (Phi) is 3.94. The first-order chi connectivity index (χ1) is 13.1. The zero-order valence-corrected chi connectivity index (χ0v) is 16.7. The van der Waals surface area contributed by atoms with Crippen molar-refractivity contribution >= 4 is 43.7 Å². The van der Waals surface area contributed by atoms with E-state index in [9.17, 15) is 4.79 Å². The van der Waals surface area contributed by atoms with E-state index in [4.69, 9.17) is 0 Å². The van der Waals surface area contributed by atoms with Gasteiger partial charge in [0.25, 0.3) is 0 Å². The van der Waals surface area contributed by atoms with Gasteiger partial charge in [0, 0.05) is 27.7 Å². The minimum Gasteiger partial charge on any atom is -0.373 e. The minimum atomic E-state index is -0.0817. The van der Waals surface area contributed by atoms with Crippen molar-refractivity contribution in [1.82, 2.24) is 0 Å². The Morgan fingerprint density at radius 3 is 2.56 bits per heavy atom. The third kappa shape index (κ3) is 2.72. The molecule has 2 atom stereocenters. The molecule has 0 aromatic heterocycles. The predicted molar refractivity (Wildman–Crippen MR) is 115 cm³/mol. The molecule has 3 heteroatoms. The highest BCUT2D eigenvalue weighted by Crippen LogP contribution is 2.49. The van der Waals surface area contributed by atoms with Gasteiger partial charge in [-0.1, -0.05) is 65.3 Å². The van der Waals surface area contributed by atoms with E-state index in [1.807, 2.05) is 12.1 Å². The fourth-order valence-electron chi connectivity index (χ4n) is 4.55. The van der Waals surface area contributed by atoms with E-state index in [2.05, 4.69) is 76.7 Å². The van der Waals surface area contributed by atoms with Crippen molar-refractivity contribution in [2.45, 2.75) is 25.8 Å². The number of halogens is 1. The van der Waals surface area contributed by atoms with Gasteiger partial charge in [0.1, 0.15) is 0 Å². The molecule has 134 valence electrons. The zero-order chi connectivity index (χ0) is 18.5. The van der Waals surface area contributed by atoms with Gasteiger partial charge in [-0.25, -0.2) is 0 Å². The summed E-state index contributed by atoms with van der Waals surface area (Å²) in [5.74, 6) is 0.662. The van der Waals surface area contributed by atoms with E-state index >= 15 is 0 Å². The van der Waals surface area contributed by atoms with E-state index in [-0.39, 0.29) is 11.8 Å². The lowest BCUT2D eigenvalue weighted by atomic mass is 9.74. The van der Waals surface area contributed by atoms with Crippen molar-refractivity contribution in [3.63, 3.8) is 0 Å². The van der Waals surface area contributed by atoms with Crippen LogP contribution < -0.4 is 5.32 Å². The van der Waals surface area contributed by atoms with Gasteiger partial charge in [0.05, 0.1) is 6.04 Å². The Hall–Kier alpha value is -2.39. The summed E-state index contributed by atoms with van der Waals surface area (Å²) in [6, 6.07) is 21.0. The highest BCUT2D eigenvalue weighted by molar-refractivity contribution is 9.10. The lowest BCUT2D eigenvalue weighted by molar-refractivity contribution is -0.116. The van der Waals surface area contributed by atoms with Crippen LogP contribution in [0, 0.1) is 5.92 Å². The molecule has 1 aliphatic carbocycles. The Morgan fingerprint density at radius 2 is 1.74 bits per heavy atom. The van der Waals surface area contributed by atoms with Gasteiger partial charge in [-0.2, -0.15) is 0 Å². The van der Waals surface area contributed by atoms with Crippen LogP contribution in [0.2, 0.25) is 0 Å². The summed E-state index contributed by atoms with van der Waals surface area (Å²) in [6.45, 7) is 2.18. The molecule has 0 spiro atoms. The van der Waals surface area contributed by atoms with Gasteiger partial charge in [-0.15, -0.1) is 0 Å². The van der Waals surface area contributed by atoms with E-state index in [0.29, 0.717) is 12.3 Å².